The summed E-state index contributed by atoms with van der Waals surface area (Å²) in [5.74, 6) is -0.711. The fraction of sp³-hybridized carbons (Fsp3) is 0.364. The Bertz CT molecular complexity index is 813. The second kappa shape index (κ2) is 8.52. The second-order valence-corrected chi connectivity index (χ2v) is 7.43. The number of hydrogen-bond donors (Lipinski definition) is 2. The van der Waals surface area contributed by atoms with Crippen molar-refractivity contribution in [3.8, 4) is 0 Å². The summed E-state index contributed by atoms with van der Waals surface area (Å²) in [6.07, 6.45) is 1.17. The molecule has 2 aromatic rings. The van der Waals surface area contributed by atoms with Crippen LogP contribution in [0, 0.1) is 11.7 Å². The molecule has 1 aliphatic heterocycles. The molecule has 1 aliphatic rings. The van der Waals surface area contributed by atoms with Crippen LogP contribution in [0.5, 0.6) is 0 Å². The number of hydrogen-bond acceptors (Lipinski definition) is 3. The van der Waals surface area contributed by atoms with Gasteiger partial charge in [0.1, 0.15) is 11.4 Å². The van der Waals surface area contributed by atoms with E-state index >= 15 is 0 Å². The highest BCUT2D eigenvalue weighted by molar-refractivity contribution is 5.94. The minimum absolute atomic E-state index is 0.0151. The van der Waals surface area contributed by atoms with Gasteiger partial charge in [0.2, 0.25) is 5.91 Å². The molecule has 0 bridgehead atoms. The van der Waals surface area contributed by atoms with E-state index < -0.39 is 5.60 Å². The monoisotopic (exact) mass is 384 g/mol. The van der Waals surface area contributed by atoms with Crippen LogP contribution in [0.1, 0.15) is 35.7 Å². The van der Waals surface area contributed by atoms with Gasteiger partial charge in [-0.25, -0.2) is 4.39 Å². The summed E-state index contributed by atoms with van der Waals surface area (Å²) in [4.78, 5) is 26.7. The molecular formula is C22H25FN2O3. The Morgan fingerprint density at radius 2 is 1.71 bits per heavy atom. The maximum Gasteiger partial charge on any atom is 0.253 e. The number of carbonyl (C=O) groups is 2. The average Bonchev–Trinajstić information content (AvgIpc) is 2.72. The van der Waals surface area contributed by atoms with Crippen LogP contribution >= 0.6 is 0 Å². The summed E-state index contributed by atoms with van der Waals surface area (Å²) in [6, 6.07) is 14.7. The third-order valence-corrected chi connectivity index (χ3v) is 5.25. The van der Waals surface area contributed by atoms with Crippen LogP contribution in [0.25, 0.3) is 0 Å². The van der Waals surface area contributed by atoms with E-state index in [1.807, 2.05) is 18.2 Å². The highest BCUT2D eigenvalue weighted by atomic mass is 19.1. The number of likely N-dealkylation sites (tertiary alicyclic amines) is 1. The Balaban J connectivity index is 1.50. The van der Waals surface area contributed by atoms with Gasteiger partial charge in [-0.1, -0.05) is 30.3 Å². The molecule has 1 atom stereocenters. The maximum absolute atomic E-state index is 13.0. The number of piperidine rings is 1. The van der Waals surface area contributed by atoms with Gasteiger partial charge in [-0.05, 0) is 49.6 Å². The normalized spacial score (nSPS) is 17.0. The number of amides is 2. The summed E-state index contributed by atoms with van der Waals surface area (Å²) >= 11 is 0. The van der Waals surface area contributed by atoms with Crippen molar-refractivity contribution in [2.24, 2.45) is 5.92 Å². The lowest BCUT2D eigenvalue weighted by molar-refractivity contribution is -0.127. The molecule has 2 amide bonds. The molecule has 28 heavy (non-hydrogen) atoms. The topological polar surface area (TPSA) is 69.6 Å². The number of carbonyl (C=O) groups excluding carboxylic acids is 2. The van der Waals surface area contributed by atoms with Gasteiger partial charge in [0.15, 0.2) is 0 Å². The minimum Gasteiger partial charge on any atom is -0.384 e. The predicted molar refractivity (Wildman–Crippen MR) is 104 cm³/mol. The maximum atomic E-state index is 13.0. The molecule has 0 radical (unpaired) electrons. The van der Waals surface area contributed by atoms with Gasteiger partial charge in [-0.15, -0.1) is 0 Å². The van der Waals surface area contributed by atoms with Crippen molar-refractivity contribution in [2.75, 3.05) is 19.6 Å². The zero-order chi connectivity index (χ0) is 20.1. The molecule has 1 fully saturated rings. The van der Waals surface area contributed by atoms with E-state index in [0.717, 1.165) is 0 Å². The van der Waals surface area contributed by atoms with Crippen molar-refractivity contribution in [3.63, 3.8) is 0 Å². The van der Waals surface area contributed by atoms with Crippen LogP contribution in [0.15, 0.2) is 54.6 Å². The molecule has 148 valence electrons. The summed E-state index contributed by atoms with van der Waals surface area (Å²) in [6.45, 7) is 2.68. The summed E-state index contributed by atoms with van der Waals surface area (Å²) in [7, 11) is 0. The first-order valence-electron chi connectivity index (χ1n) is 9.47. The van der Waals surface area contributed by atoms with Gasteiger partial charge >= 0.3 is 0 Å². The molecule has 6 heteroatoms. The van der Waals surface area contributed by atoms with Gasteiger partial charge in [0.05, 0.1) is 6.54 Å². The number of nitrogens with one attached hydrogen (secondary N) is 1. The van der Waals surface area contributed by atoms with Crippen molar-refractivity contribution in [1.29, 1.82) is 0 Å². The van der Waals surface area contributed by atoms with Crippen LogP contribution < -0.4 is 5.32 Å². The minimum atomic E-state index is -1.28. The molecule has 3 rings (SSSR count). The summed E-state index contributed by atoms with van der Waals surface area (Å²) in [5, 5.41) is 13.4. The van der Waals surface area contributed by atoms with Crippen LogP contribution in [-0.2, 0) is 10.4 Å². The zero-order valence-corrected chi connectivity index (χ0v) is 15.9. The Labute approximate surface area is 164 Å². The van der Waals surface area contributed by atoms with E-state index in [4.69, 9.17) is 0 Å². The lowest BCUT2D eigenvalue weighted by atomic mass is 9.93. The zero-order valence-electron chi connectivity index (χ0n) is 15.9. The molecule has 1 unspecified atom stereocenters. The quantitative estimate of drug-likeness (QED) is 0.833. The fourth-order valence-electron chi connectivity index (χ4n) is 3.42. The van der Waals surface area contributed by atoms with E-state index in [0.29, 0.717) is 37.1 Å². The van der Waals surface area contributed by atoms with Gasteiger partial charge in [-0.3, -0.25) is 9.59 Å². The highest BCUT2D eigenvalue weighted by Crippen LogP contribution is 2.22. The molecule has 0 spiro atoms. The third kappa shape index (κ3) is 4.75. The molecule has 0 aliphatic carbocycles. The molecule has 1 saturated heterocycles. The summed E-state index contributed by atoms with van der Waals surface area (Å²) in [5.41, 5.74) is -0.0916. The lowest BCUT2D eigenvalue weighted by Crippen LogP contribution is -2.45. The summed E-state index contributed by atoms with van der Waals surface area (Å²) < 4.78 is 13.0. The van der Waals surface area contributed by atoms with E-state index in [1.165, 1.54) is 24.3 Å². The van der Waals surface area contributed by atoms with E-state index in [9.17, 15) is 19.1 Å². The van der Waals surface area contributed by atoms with Crippen molar-refractivity contribution >= 4 is 11.8 Å². The molecule has 0 saturated carbocycles. The average molecular weight is 384 g/mol. The predicted octanol–water partition coefficient (Wildman–Crippen LogP) is 2.70. The fourth-order valence-corrected chi connectivity index (χ4v) is 3.42. The number of aliphatic hydroxyl groups is 1. The van der Waals surface area contributed by atoms with E-state index in [-0.39, 0.29) is 30.1 Å². The lowest BCUT2D eigenvalue weighted by Gasteiger charge is -2.32. The van der Waals surface area contributed by atoms with Gasteiger partial charge in [-0.2, -0.15) is 0 Å². The molecule has 2 N–H and O–H groups in total. The largest absolute Gasteiger partial charge is 0.384 e. The van der Waals surface area contributed by atoms with E-state index in [1.54, 1.807) is 24.0 Å². The highest BCUT2D eigenvalue weighted by Gasteiger charge is 2.30. The van der Waals surface area contributed by atoms with Gasteiger partial charge < -0.3 is 15.3 Å². The molecule has 5 nitrogen and oxygen atoms in total. The Morgan fingerprint density at radius 1 is 1.11 bits per heavy atom. The molecule has 1 heterocycles. The van der Waals surface area contributed by atoms with Crippen LogP contribution in [0.3, 0.4) is 0 Å². The second-order valence-electron chi connectivity index (χ2n) is 7.43. The van der Waals surface area contributed by atoms with Crippen molar-refractivity contribution in [2.45, 2.75) is 25.4 Å². The van der Waals surface area contributed by atoms with Crippen LogP contribution in [-0.4, -0.2) is 41.5 Å². The van der Waals surface area contributed by atoms with Gasteiger partial charge in [0.25, 0.3) is 5.91 Å². The third-order valence-electron chi connectivity index (χ3n) is 5.25. The Morgan fingerprint density at radius 3 is 2.32 bits per heavy atom. The van der Waals surface area contributed by atoms with Crippen LogP contribution in [0.4, 0.5) is 4.39 Å². The van der Waals surface area contributed by atoms with Crippen LogP contribution in [0.2, 0.25) is 0 Å². The Kier molecular flexibility index (Phi) is 6.09. The smallest absolute Gasteiger partial charge is 0.253 e. The molecule has 0 aromatic heterocycles. The van der Waals surface area contributed by atoms with Crippen molar-refractivity contribution in [1.82, 2.24) is 10.2 Å². The van der Waals surface area contributed by atoms with E-state index in [2.05, 4.69) is 5.32 Å². The first-order chi connectivity index (χ1) is 13.4. The first kappa shape index (κ1) is 20.0. The molecular weight excluding hydrogens is 359 g/mol. The molecule has 2 aromatic carbocycles. The van der Waals surface area contributed by atoms with Crippen molar-refractivity contribution < 1.29 is 19.1 Å². The SMILES string of the molecule is CC(O)(CNC(=O)C1CCN(C(=O)c2ccccc2)CC1)c1ccc(F)cc1. The number of nitrogens with zero attached hydrogens (tertiary/aromatic N) is 1. The standard InChI is InChI=1S/C22H25FN2O3/c1-22(28,18-7-9-19(23)10-8-18)15-24-20(26)16-11-13-25(14-12-16)21(27)17-5-3-2-4-6-17/h2-10,16,28H,11-15H2,1H3,(H,24,26). The first-order valence-corrected chi connectivity index (χ1v) is 9.47. The number of benzene rings is 2. The number of halogens is 1. The van der Waals surface area contributed by atoms with Crippen molar-refractivity contribution in [3.05, 3.63) is 71.5 Å². The number of rotatable bonds is 5. The Hall–Kier alpha value is -2.73. The van der Waals surface area contributed by atoms with Gasteiger partial charge in [0, 0.05) is 24.6 Å².